The zero-order valence-electron chi connectivity index (χ0n) is 15.2. The number of hydrogen-bond donors (Lipinski definition) is 0. The first kappa shape index (κ1) is 16.2. The highest BCUT2D eigenvalue weighted by Gasteiger charge is 2.26. The molecule has 2 aromatic heterocycles. The fourth-order valence-corrected chi connectivity index (χ4v) is 3.67. The minimum atomic E-state index is 0.132. The van der Waals surface area contributed by atoms with E-state index in [-0.39, 0.29) is 5.91 Å². The molecule has 0 atom stereocenters. The van der Waals surface area contributed by atoms with Gasteiger partial charge in [-0.05, 0) is 37.1 Å². The van der Waals surface area contributed by atoms with E-state index >= 15 is 0 Å². The van der Waals surface area contributed by atoms with Crippen molar-refractivity contribution in [2.45, 2.75) is 25.3 Å². The standard InChI is InChI=1S/C20H22N6O/c27-20(13-26-14-21-17-3-1-2-4-18(17)26)25-11-9-24(10-12-25)19-8-7-16(22-23-19)15-5-6-15/h1-4,7-8,14-15H,5-6,9-13H2. The van der Waals surface area contributed by atoms with E-state index in [0.717, 1.165) is 35.6 Å². The van der Waals surface area contributed by atoms with Crippen molar-refractivity contribution >= 4 is 22.8 Å². The van der Waals surface area contributed by atoms with Crippen LogP contribution < -0.4 is 4.90 Å². The van der Waals surface area contributed by atoms with Crippen LogP contribution in [0, 0.1) is 0 Å². The Bertz CT molecular complexity index is 954. The average Bonchev–Trinajstić information content (AvgIpc) is 3.50. The van der Waals surface area contributed by atoms with Crippen LogP contribution in [0.4, 0.5) is 5.82 Å². The van der Waals surface area contributed by atoms with E-state index in [1.165, 1.54) is 12.8 Å². The number of hydrogen-bond acceptors (Lipinski definition) is 5. The van der Waals surface area contributed by atoms with Crippen LogP contribution in [0.1, 0.15) is 24.5 Å². The van der Waals surface area contributed by atoms with Gasteiger partial charge in [0.05, 0.1) is 23.1 Å². The Balaban J connectivity index is 1.20. The third-order valence-electron chi connectivity index (χ3n) is 5.46. The Labute approximate surface area is 157 Å². The fourth-order valence-electron chi connectivity index (χ4n) is 3.67. The average molecular weight is 362 g/mol. The maximum atomic E-state index is 12.7. The second kappa shape index (κ2) is 6.64. The third-order valence-corrected chi connectivity index (χ3v) is 5.46. The molecular weight excluding hydrogens is 340 g/mol. The predicted molar refractivity (Wildman–Crippen MR) is 103 cm³/mol. The summed E-state index contributed by atoms with van der Waals surface area (Å²) in [6, 6.07) is 12.1. The summed E-state index contributed by atoms with van der Waals surface area (Å²) in [7, 11) is 0. The van der Waals surface area contributed by atoms with E-state index < -0.39 is 0 Å². The molecule has 1 aliphatic carbocycles. The zero-order chi connectivity index (χ0) is 18.2. The number of piperazine rings is 1. The molecule has 1 amide bonds. The van der Waals surface area contributed by atoms with Crippen molar-refractivity contribution in [1.82, 2.24) is 24.6 Å². The predicted octanol–water partition coefficient (Wildman–Crippen LogP) is 2.05. The molecule has 1 aromatic carbocycles. The van der Waals surface area contributed by atoms with Crippen molar-refractivity contribution in [3.63, 3.8) is 0 Å². The molecule has 0 spiro atoms. The second-order valence-corrected chi connectivity index (χ2v) is 7.32. The molecule has 0 N–H and O–H groups in total. The molecule has 27 heavy (non-hydrogen) atoms. The van der Waals surface area contributed by atoms with E-state index in [4.69, 9.17) is 0 Å². The molecule has 2 fully saturated rings. The number of imidazole rings is 1. The molecular formula is C20H22N6O. The number of anilines is 1. The minimum absolute atomic E-state index is 0.132. The fraction of sp³-hybridized carbons (Fsp3) is 0.400. The van der Waals surface area contributed by atoms with E-state index in [1.54, 1.807) is 6.33 Å². The highest BCUT2D eigenvalue weighted by atomic mass is 16.2. The first-order valence-electron chi connectivity index (χ1n) is 9.54. The van der Waals surface area contributed by atoms with Gasteiger partial charge in [0, 0.05) is 32.1 Å². The summed E-state index contributed by atoms with van der Waals surface area (Å²) in [5.74, 6) is 1.67. The quantitative estimate of drug-likeness (QED) is 0.711. The van der Waals surface area contributed by atoms with Crippen LogP contribution in [0.15, 0.2) is 42.7 Å². The van der Waals surface area contributed by atoms with Crippen LogP contribution >= 0.6 is 0 Å². The highest BCUT2D eigenvalue weighted by Crippen LogP contribution is 2.38. The smallest absolute Gasteiger partial charge is 0.242 e. The molecule has 138 valence electrons. The number of para-hydroxylation sites is 2. The molecule has 7 heteroatoms. The monoisotopic (exact) mass is 362 g/mol. The largest absolute Gasteiger partial charge is 0.352 e. The van der Waals surface area contributed by atoms with Gasteiger partial charge in [-0.1, -0.05) is 12.1 Å². The van der Waals surface area contributed by atoms with Gasteiger partial charge in [0.15, 0.2) is 5.82 Å². The van der Waals surface area contributed by atoms with Crippen LogP contribution in [0.2, 0.25) is 0 Å². The Morgan fingerprint density at radius 1 is 1.00 bits per heavy atom. The van der Waals surface area contributed by atoms with Crippen molar-refractivity contribution < 1.29 is 4.79 Å². The summed E-state index contributed by atoms with van der Waals surface area (Å²) in [4.78, 5) is 21.2. The van der Waals surface area contributed by atoms with Crippen LogP contribution in [-0.4, -0.2) is 56.7 Å². The number of rotatable bonds is 4. The van der Waals surface area contributed by atoms with Gasteiger partial charge in [-0.3, -0.25) is 4.79 Å². The Morgan fingerprint density at radius 3 is 2.56 bits per heavy atom. The van der Waals surface area contributed by atoms with Gasteiger partial charge < -0.3 is 14.4 Å². The summed E-state index contributed by atoms with van der Waals surface area (Å²) in [6.07, 6.45) is 4.22. The van der Waals surface area contributed by atoms with Crippen molar-refractivity contribution in [2.75, 3.05) is 31.1 Å². The number of benzene rings is 1. The maximum Gasteiger partial charge on any atom is 0.242 e. The molecule has 3 aromatic rings. The number of fused-ring (bicyclic) bond motifs is 1. The highest BCUT2D eigenvalue weighted by molar-refractivity contribution is 5.80. The molecule has 0 bridgehead atoms. The second-order valence-electron chi connectivity index (χ2n) is 7.32. The lowest BCUT2D eigenvalue weighted by Gasteiger charge is -2.35. The van der Waals surface area contributed by atoms with Crippen molar-refractivity contribution in [3.05, 3.63) is 48.4 Å². The van der Waals surface area contributed by atoms with E-state index in [9.17, 15) is 4.79 Å². The lowest BCUT2D eigenvalue weighted by Crippen LogP contribution is -2.49. The molecule has 2 aliphatic rings. The zero-order valence-corrected chi connectivity index (χ0v) is 15.2. The van der Waals surface area contributed by atoms with Crippen LogP contribution in [-0.2, 0) is 11.3 Å². The van der Waals surface area contributed by atoms with Gasteiger partial charge in [0.2, 0.25) is 5.91 Å². The molecule has 0 radical (unpaired) electrons. The van der Waals surface area contributed by atoms with Gasteiger partial charge >= 0.3 is 0 Å². The molecule has 5 rings (SSSR count). The minimum Gasteiger partial charge on any atom is -0.352 e. The SMILES string of the molecule is O=C(Cn1cnc2ccccc21)N1CCN(c2ccc(C3CC3)nn2)CC1. The Kier molecular flexibility index (Phi) is 3.99. The first-order chi connectivity index (χ1) is 13.3. The Hall–Kier alpha value is -2.96. The molecule has 7 nitrogen and oxygen atoms in total. The topological polar surface area (TPSA) is 67.2 Å². The number of carbonyl (C=O) groups excluding carboxylic acids is 1. The lowest BCUT2D eigenvalue weighted by molar-refractivity contribution is -0.132. The van der Waals surface area contributed by atoms with Gasteiger partial charge in [0.25, 0.3) is 0 Å². The van der Waals surface area contributed by atoms with Crippen molar-refractivity contribution in [3.8, 4) is 0 Å². The third kappa shape index (κ3) is 3.25. The summed E-state index contributed by atoms with van der Waals surface area (Å²) >= 11 is 0. The molecule has 1 saturated carbocycles. The van der Waals surface area contributed by atoms with Crippen molar-refractivity contribution in [1.29, 1.82) is 0 Å². The van der Waals surface area contributed by atoms with Gasteiger partial charge in [-0.25, -0.2) is 4.98 Å². The number of amides is 1. The summed E-state index contributed by atoms with van der Waals surface area (Å²) in [5, 5.41) is 8.75. The van der Waals surface area contributed by atoms with Gasteiger partial charge in [-0.15, -0.1) is 5.10 Å². The lowest BCUT2D eigenvalue weighted by atomic mass is 10.2. The van der Waals surface area contributed by atoms with Crippen LogP contribution in [0.3, 0.4) is 0 Å². The van der Waals surface area contributed by atoms with E-state index in [2.05, 4.69) is 32.2 Å². The Morgan fingerprint density at radius 2 is 1.81 bits per heavy atom. The van der Waals surface area contributed by atoms with Crippen LogP contribution in [0.25, 0.3) is 11.0 Å². The summed E-state index contributed by atoms with van der Waals surface area (Å²) in [6.45, 7) is 3.31. The number of nitrogens with zero attached hydrogens (tertiary/aromatic N) is 6. The molecule has 1 aliphatic heterocycles. The molecule has 1 saturated heterocycles. The number of carbonyl (C=O) groups is 1. The van der Waals surface area contributed by atoms with Gasteiger partial charge in [-0.2, -0.15) is 5.10 Å². The summed E-state index contributed by atoms with van der Waals surface area (Å²) in [5.41, 5.74) is 3.03. The summed E-state index contributed by atoms with van der Waals surface area (Å²) < 4.78 is 1.92. The van der Waals surface area contributed by atoms with Crippen LogP contribution in [0.5, 0.6) is 0 Å². The first-order valence-corrected chi connectivity index (χ1v) is 9.54. The number of aromatic nitrogens is 4. The molecule has 0 unspecified atom stereocenters. The maximum absolute atomic E-state index is 12.7. The van der Waals surface area contributed by atoms with E-state index in [1.807, 2.05) is 33.7 Å². The van der Waals surface area contributed by atoms with E-state index in [0.29, 0.717) is 25.6 Å². The van der Waals surface area contributed by atoms with Crippen molar-refractivity contribution in [2.24, 2.45) is 0 Å². The van der Waals surface area contributed by atoms with Gasteiger partial charge in [0.1, 0.15) is 6.54 Å². The molecule has 3 heterocycles. The normalized spacial score (nSPS) is 17.5.